The molecular weight excluding hydrogens is 479 g/mol. The summed E-state index contributed by atoms with van der Waals surface area (Å²) in [5.74, 6) is -1.59. The number of nitro benzene ring substituents is 1. The van der Waals surface area contributed by atoms with Crippen molar-refractivity contribution in [1.29, 1.82) is 0 Å². The van der Waals surface area contributed by atoms with Crippen molar-refractivity contribution in [1.82, 2.24) is 10.2 Å². The van der Waals surface area contributed by atoms with Crippen LogP contribution in [0.25, 0.3) is 0 Å². The van der Waals surface area contributed by atoms with Crippen molar-refractivity contribution >= 4 is 33.2 Å². The van der Waals surface area contributed by atoms with Crippen molar-refractivity contribution in [3.63, 3.8) is 0 Å². The molecule has 12 heteroatoms. The number of carbonyl (C=O) groups is 2. The highest BCUT2D eigenvalue weighted by atomic mass is 32.2. The minimum Gasteiger partial charge on any atom is -0.354 e. The quantitative estimate of drug-likeness (QED) is 0.267. The summed E-state index contributed by atoms with van der Waals surface area (Å²) in [7, 11) is -4.02. The van der Waals surface area contributed by atoms with E-state index in [-0.39, 0.29) is 17.9 Å². The number of hydrogen-bond acceptors (Lipinski definition) is 6. The smallest absolute Gasteiger partial charge is 0.271 e. The number of benzene rings is 2. The fourth-order valence-corrected chi connectivity index (χ4v) is 4.12. The minimum atomic E-state index is -4.02. The van der Waals surface area contributed by atoms with E-state index in [1.165, 1.54) is 54.3 Å². The number of nitro groups is 1. The highest BCUT2D eigenvalue weighted by Crippen LogP contribution is 2.24. The van der Waals surface area contributed by atoms with Crippen LogP contribution >= 0.6 is 0 Å². The van der Waals surface area contributed by atoms with E-state index >= 15 is 0 Å². The lowest BCUT2D eigenvalue weighted by molar-refractivity contribution is -0.384. The maximum Gasteiger partial charge on any atom is 0.271 e. The Kier molecular flexibility index (Phi) is 9.69. The molecule has 2 aromatic carbocycles. The SMILES string of the molecule is CCCCNC(=O)[C@H](C)N(Cc1ccc(F)cc1)C(=O)CN(c1cccc([N+](=O)[O-])c1)S(C)(=O)=O. The van der Waals surface area contributed by atoms with Crippen LogP contribution in [0.5, 0.6) is 0 Å². The number of amides is 2. The zero-order valence-electron chi connectivity index (χ0n) is 19.8. The van der Waals surface area contributed by atoms with Gasteiger partial charge in [-0.15, -0.1) is 0 Å². The summed E-state index contributed by atoms with van der Waals surface area (Å²) in [6.07, 6.45) is 2.49. The molecule has 0 fully saturated rings. The molecule has 0 bridgehead atoms. The number of anilines is 1. The molecule has 0 saturated heterocycles. The van der Waals surface area contributed by atoms with Gasteiger partial charge in [-0.25, -0.2) is 12.8 Å². The zero-order chi connectivity index (χ0) is 26.2. The van der Waals surface area contributed by atoms with Crippen LogP contribution in [0.4, 0.5) is 15.8 Å². The molecule has 2 aromatic rings. The molecule has 190 valence electrons. The molecule has 0 heterocycles. The highest BCUT2D eigenvalue weighted by Gasteiger charge is 2.30. The Morgan fingerprint density at radius 1 is 1.17 bits per heavy atom. The molecule has 35 heavy (non-hydrogen) atoms. The van der Waals surface area contributed by atoms with Crippen molar-refractivity contribution in [2.75, 3.05) is 23.7 Å². The molecule has 0 unspecified atom stereocenters. The van der Waals surface area contributed by atoms with E-state index in [1.807, 2.05) is 6.92 Å². The number of non-ortho nitro benzene ring substituents is 1. The van der Waals surface area contributed by atoms with Gasteiger partial charge < -0.3 is 10.2 Å². The van der Waals surface area contributed by atoms with E-state index in [0.717, 1.165) is 29.5 Å². The molecule has 10 nitrogen and oxygen atoms in total. The number of halogens is 1. The van der Waals surface area contributed by atoms with Crippen LogP contribution in [0.15, 0.2) is 48.5 Å². The van der Waals surface area contributed by atoms with Gasteiger partial charge in [0.15, 0.2) is 0 Å². The van der Waals surface area contributed by atoms with Crippen LogP contribution in [0.2, 0.25) is 0 Å². The number of hydrogen-bond donors (Lipinski definition) is 1. The summed E-state index contributed by atoms with van der Waals surface area (Å²) in [6.45, 7) is 3.14. The number of carbonyl (C=O) groups excluding carboxylic acids is 2. The molecule has 1 N–H and O–H groups in total. The maximum atomic E-state index is 13.4. The summed E-state index contributed by atoms with van der Waals surface area (Å²) in [6, 6.07) is 9.32. The molecule has 0 aliphatic rings. The van der Waals surface area contributed by atoms with Gasteiger partial charge >= 0.3 is 0 Å². The summed E-state index contributed by atoms with van der Waals surface area (Å²) >= 11 is 0. The van der Waals surface area contributed by atoms with Gasteiger partial charge in [0.1, 0.15) is 18.4 Å². The monoisotopic (exact) mass is 508 g/mol. The lowest BCUT2D eigenvalue weighted by Gasteiger charge is -2.31. The lowest BCUT2D eigenvalue weighted by atomic mass is 10.1. The molecule has 0 saturated carbocycles. The van der Waals surface area contributed by atoms with Gasteiger partial charge in [-0.3, -0.25) is 24.0 Å². The van der Waals surface area contributed by atoms with Gasteiger partial charge in [0.25, 0.3) is 5.69 Å². The number of rotatable bonds is 12. The Hall–Kier alpha value is -3.54. The van der Waals surface area contributed by atoms with Crippen molar-refractivity contribution in [2.24, 2.45) is 0 Å². The third-order valence-electron chi connectivity index (χ3n) is 5.27. The number of nitrogens with one attached hydrogen (secondary N) is 1. The Morgan fingerprint density at radius 3 is 2.40 bits per heavy atom. The van der Waals surface area contributed by atoms with Crippen molar-refractivity contribution < 1.29 is 27.3 Å². The first-order valence-electron chi connectivity index (χ1n) is 11.0. The standard InChI is InChI=1S/C23H29FN4O6S/c1-4-5-13-25-23(30)17(2)26(15-18-9-11-19(24)12-10-18)22(29)16-27(35(3,33)34)20-7-6-8-21(14-20)28(31)32/h6-12,14,17H,4-5,13,15-16H2,1-3H3,(H,25,30)/t17-/m0/s1. The van der Waals surface area contributed by atoms with E-state index in [0.29, 0.717) is 12.1 Å². The fraction of sp³-hybridized carbons (Fsp3) is 0.391. The van der Waals surface area contributed by atoms with Gasteiger partial charge in [0.2, 0.25) is 21.8 Å². The Bertz CT molecular complexity index is 1160. The topological polar surface area (TPSA) is 130 Å². The van der Waals surface area contributed by atoms with Crippen LogP contribution in [0, 0.1) is 15.9 Å². The second kappa shape index (κ2) is 12.2. The van der Waals surface area contributed by atoms with Crippen molar-refractivity contribution in [2.45, 2.75) is 39.3 Å². The molecule has 2 amide bonds. The maximum absolute atomic E-state index is 13.4. The van der Waals surface area contributed by atoms with E-state index in [4.69, 9.17) is 0 Å². The fourth-order valence-electron chi connectivity index (χ4n) is 3.28. The van der Waals surface area contributed by atoms with Crippen LogP contribution in [0.1, 0.15) is 32.3 Å². The van der Waals surface area contributed by atoms with Crippen LogP contribution < -0.4 is 9.62 Å². The van der Waals surface area contributed by atoms with E-state index in [2.05, 4.69) is 5.32 Å². The second-order valence-electron chi connectivity index (χ2n) is 8.02. The van der Waals surface area contributed by atoms with Crippen LogP contribution in [-0.2, 0) is 26.2 Å². The number of unbranched alkanes of at least 4 members (excludes halogenated alkanes) is 1. The highest BCUT2D eigenvalue weighted by molar-refractivity contribution is 7.92. The summed E-state index contributed by atoms with van der Waals surface area (Å²) in [4.78, 5) is 37.8. The predicted octanol–water partition coefficient (Wildman–Crippen LogP) is 2.83. The van der Waals surface area contributed by atoms with E-state index < -0.39 is 45.2 Å². The molecule has 2 rings (SSSR count). The van der Waals surface area contributed by atoms with Gasteiger partial charge in [-0.05, 0) is 37.1 Å². The summed E-state index contributed by atoms with van der Waals surface area (Å²) in [5, 5.41) is 13.9. The third-order valence-corrected chi connectivity index (χ3v) is 6.41. The molecule has 1 atom stereocenters. The number of sulfonamides is 1. The molecule has 0 radical (unpaired) electrons. The first-order chi connectivity index (χ1) is 16.4. The minimum absolute atomic E-state index is 0.0585. The molecule has 0 aliphatic carbocycles. The van der Waals surface area contributed by atoms with E-state index in [9.17, 15) is 32.5 Å². The largest absolute Gasteiger partial charge is 0.354 e. The summed E-state index contributed by atoms with van der Waals surface area (Å²) in [5.41, 5.74) is 0.140. The molecule has 0 aliphatic heterocycles. The van der Waals surface area contributed by atoms with Gasteiger partial charge in [0, 0.05) is 25.2 Å². The van der Waals surface area contributed by atoms with E-state index in [1.54, 1.807) is 0 Å². The zero-order valence-corrected chi connectivity index (χ0v) is 20.6. The summed E-state index contributed by atoms with van der Waals surface area (Å²) < 4.78 is 39.1. The average Bonchev–Trinajstić information content (AvgIpc) is 2.81. The van der Waals surface area contributed by atoms with Gasteiger partial charge in [-0.2, -0.15) is 0 Å². The van der Waals surface area contributed by atoms with Crippen molar-refractivity contribution in [3.8, 4) is 0 Å². The molecule has 0 aromatic heterocycles. The molecular formula is C23H29FN4O6S. The normalized spacial score (nSPS) is 12.0. The average molecular weight is 509 g/mol. The van der Waals surface area contributed by atoms with Gasteiger partial charge in [0.05, 0.1) is 16.9 Å². The van der Waals surface area contributed by atoms with Crippen LogP contribution in [-0.4, -0.2) is 55.4 Å². The Labute approximate surface area is 203 Å². The third kappa shape index (κ3) is 8.02. The first kappa shape index (κ1) is 27.7. The van der Waals surface area contributed by atoms with Crippen molar-refractivity contribution in [3.05, 3.63) is 70.0 Å². The first-order valence-corrected chi connectivity index (χ1v) is 12.8. The molecule has 0 spiro atoms. The number of nitrogens with zero attached hydrogens (tertiary/aromatic N) is 3. The van der Waals surface area contributed by atoms with Gasteiger partial charge in [-0.1, -0.05) is 31.5 Å². The lowest BCUT2D eigenvalue weighted by Crippen LogP contribution is -2.51. The second-order valence-corrected chi connectivity index (χ2v) is 9.92. The van der Waals surface area contributed by atoms with Crippen LogP contribution in [0.3, 0.4) is 0 Å². The Morgan fingerprint density at radius 2 is 1.83 bits per heavy atom. The predicted molar refractivity (Wildman–Crippen MR) is 130 cm³/mol. The Balaban J connectivity index is 2.38.